The van der Waals surface area contributed by atoms with Crippen LogP contribution in [0.3, 0.4) is 0 Å². The van der Waals surface area contributed by atoms with Gasteiger partial charge in [0.1, 0.15) is 0 Å². The lowest BCUT2D eigenvalue weighted by molar-refractivity contribution is 0.398. The van der Waals surface area contributed by atoms with Crippen LogP contribution in [0.4, 0.5) is 0 Å². The first-order valence-electron chi connectivity index (χ1n) is 7.64. The molecule has 1 aromatic carbocycles. The van der Waals surface area contributed by atoms with E-state index in [0.717, 1.165) is 30.7 Å². The fraction of sp³-hybridized carbons (Fsp3) is 0.333. The summed E-state index contributed by atoms with van der Waals surface area (Å²) < 4.78 is 5.20. The van der Waals surface area contributed by atoms with E-state index in [1.165, 1.54) is 16.0 Å². The molecule has 0 aliphatic carbocycles. The standard InChI is InChI=1S/C18H20N2OS/c1-3-13(18-20-16(21-2)12-22-18)9-10-15-7-4-6-14-8-5-11-19-17(14)15/h4-8,11-13H,3,9-10H2,1-2H3. The van der Waals surface area contributed by atoms with Gasteiger partial charge in [0.15, 0.2) is 0 Å². The van der Waals surface area contributed by atoms with Gasteiger partial charge in [-0.1, -0.05) is 31.2 Å². The van der Waals surface area contributed by atoms with Crippen LogP contribution >= 0.6 is 11.3 Å². The fourth-order valence-corrected chi connectivity index (χ4v) is 3.74. The lowest BCUT2D eigenvalue weighted by Gasteiger charge is -2.12. The van der Waals surface area contributed by atoms with Crippen molar-refractivity contribution in [2.24, 2.45) is 0 Å². The van der Waals surface area contributed by atoms with Crippen LogP contribution in [-0.2, 0) is 6.42 Å². The molecule has 22 heavy (non-hydrogen) atoms. The first-order valence-corrected chi connectivity index (χ1v) is 8.51. The average Bonchev–Trinajstić information content (AvgIpc) is 3.04. The Bertz CT molecular complexity index is 748. The Morgan fingerprint density at radius 2 is 2.09 bits per heavy atom. The summed E-state index contributed by atoms with van der Waals surface area (Å²) in [6, 6.07) is 10.5. The number of ether oxygens (including phenoxy) is 1. The molecule has 3 aromatic rings. The van der Waals surface area contributed by atoms with Crippen molar-refractivity contribution in [2.75, 3.05) is 7.11 Å². The second kappa shape index (κ2) is 6.88. The molecule has 2 aromatic heterocycles. The Morgan fingerprint density at radius 1 is 1.23 bits per heavy atom. The van der Waals surface area contributed by atoms with E-state index in [2.05, 4.69) is 41.2 Å². The fourth-order valence-electron chi connectivity index (χ4n) is 2.75. The van der Waals surface area contributed by atoms with Crippen molar-refractivity contribution in [1.82, 2.24) is 9.97 Å². The van der Waals surface area contributed by atoms with E-state index in [1.807, 2.05) is 17.6 Å². The lowest BCUT2D eigenvalue weighted by atomic mass is 9.96. The van der Waals surface area contributed by atoms with Gasteiger partial charge in [0, 0.05) is 17.5 Å². The Balaban J connectivity index is 1.77. The summed E-state index contributed by atoms with van der Waals surface area (Å²) in [5, 5.41) is 4.37. The number of para-hydroxylation sites is 1. The maximum atomic E-state index is 5.20. The minimum absolute atomic E-state index is 0.480. The second-order valence-corrected chi connectivity index (χ2v) is 6.25. The van der Waals surface area contributed by atoms with E-state index >= 15 is 0 Å². The van der Waals surface area contributed by atoms with Crippen LogP contribution in [0.2, 0.25) is 0 Å². The van der Waals surface area contributed by atoms with Crippen molar-refractivity contribution in [3.8, 4) is 5.88 Å². The van der Waals surface area contributed by atoms with Crippen LogP contribution in [0, 0.1) is 0 Å². The van der Waals surface area contributed by atoms with Crippen LogP contribution in [0.1, 0.15) is 36.3 Å². The van der Waals surface area contributed by atoms with Gasteiger partial charge in [-0.15, -0.1) is 11.3 Å². The Labute approximate surface area is 135 Å². The highest BCUT2D eigenvalue weighted by Crippen LogP contribution is 2.30. The summed E-state index contributed by atoms with van der Waals surface area (Å²) in [7, 11) is 1.67. The summed E-state index contributed by atoms with van der Waals surface area (Å²) in [5.41, 5.74) is 2.44. The Hall–Kier alpha value is -1.94. The molecule has 0 saturated carbocycles. The summed E-state index contributed by atoms with van der Waals surface area (Å²) in [5.74, 6) is 1.21. The molecule has 1 atom stereocenters. The van der Waals surface area contributed by atoms with Crippen molar-refractivity contribution >= 4 is 22.2 Å². The van der Waals surface area contributed by atoms with E-state index in [9.17, 15) is 0 Å². The van der Waals surface area contributed by atoms with Gasteiger partial charge >= 0.3 is 0 Å². The Kier molecular flexibility index (Phi) is 4.68. The van der Waals surface area contributed by atoms with Crippen molar-refractivity contribution in [3.05, 3.63) is 52.5 Å². The first kappa shape index (κ1) is 15.0. The molecule has 0 aliphatic rings. The van der Waals surface area contributed by atoms with E-state index < -0.39 is 0 Å². The second-order valence-electron chi connectivity index (χ2n) is 5.36. The maximum absolute atomic E-state index is 5.20. The number of aromatic nitrogens is 2. The molecule has 4 heteroatoms. The number of nitrogens with zero attached hydrogens (tertiary/aromatic N) is 2. The summed E-state index contributed by atoms with van der Waals surface area (Å²) in [6.45, 7) is 2.22. The number of pyridine rings is 1. The number of benzene rings is 1. The van der Waals surface area contributed by atoms with Crippen molar-refractivity contribution in [3.63, 3.8) is 0 Å². The van der Waals surface area contributed by atoms with Gasteiger partial charge in [0.25, 0.3) is 0 Å². The van der Waals surface area contributed by atoms with E-state index in [-0.39, 0.29) is 0 Å². The van der Waals surface area contributed by atoms with Gasteiger partial charge < -0.3 is 4.74 Å². The molecule has 2 heterocycles. The predicted octanol–water partition coefficient (Wildman–Crippen LogP) is 4.83. The Morgan fingerprint density at radius 3 is 2.86 bits per heavy atom. The zero-order valence-electron chi connectivity index (χ0n) is 13.0. The molecule has 1 unspecified atom stereocenters. The molecule has 0 spiro atoms. The van der Waals surface area contributed by atoms with E-state index in [4.69, 9.17) is 4.74 Å². The van der Waals surface area contributed by atoms with Gasteiger partial charge in [-0.25, -0.2) is 4.98 Å². The highest BCUT2D eigenvalue weighted by Gasteiger charge is 2.15. The topological polar surface area (TPSA) is 35.0 Å². The van der Waals surface area contributed by atoms with Gasteiger partial charge in [0.2, 0.25) is 5.88 Å². The van der Waals surface area contributed by atoms with Crippen molar-refractivity contribution < 1.29 is 4.74 Å². The van der Waals surface area contributed by atoms with E-state index in [0.29, 0.717) is 5.92 Å². The summed E-state index contributed by atoms with van der Waals surface area (Å²) in [6.07, 6.45) is 5.07. The monoisotopic (exact) mass is 312 g/mol. The number of rotatable bonds is 6. The van der Waals surface area contributed by atoms with Crippen molar-refractivity contribution in [2.45, 2.75) is 32.1 Å². The van der Waals surface area contributed by atoms with E-state index in [1.54, 1.807) is 18.4 Å². The van der Waals surface area contributed by atoms with Crippen LogP contribution < -0.4 is 4.74 Å². The average molecular weight is 312 g/mol. The van der Waals surface area contributed by atoms with Crippen LogP contribution in [0.25, 0.3) is 10.9 Å². The number of hydrogen-bond donors (Lipinski definition) is 0. The first-order chi connectivity index (χ1) is 10.8. The summed E-state index contributed by atoms with van der Waals surface area (Å²) in [4.78, 5) is 9.10. The smallest absolute Gasteiger partial charge is 0.224 e. The third kappa shape index (κ3) is 3.12. The number of methoxy groups -OCH3 is 1. The predicted molar refractivity (Wildman–Crippen MR) is 91.8 cm³/mol. The molecule has 114 valence electrons. The molecule has 0 aliphatic heterocycles. The lowest BCUT2D eigenvalue weighted by Crippen LogP contribution is -2.00. The van der Waals surface area contributed by atoms with Gasteiger partial charge in [0.05, 0.1) is 23.0 Å². The SMILES string of the molecule is CCC(CCc1cccc2cccnc12)c1nc(OC)cs1. The highest BCUT2D eigenvalue weighted by atomic mass is 32.1. The van der Waals surface area contributed by atoms with Gasteiger partial charge in [-0.3, -0.25) is 4.98 Å². The largest absolute Gasteiger partial charge is 0.480 e. The van der Waals surface area contributed by atoms with Gasteiger partial charge in [-0.05, 0) is 30.9 Å². The minimum Gasteiger partial charge on any atom is -0.480 e. The third-order valence-corrected chi connectivity index (χ3v) is 5.02. The van der Waals surface area contributed by atoms with Crippen LogP contribution in [0.15, 0.2) is 41.9 Å². The molecule has 0 amide bonds. The van der Waals surface area contributed by atoms with Gasteiger partial charge in [-0.2, -0.15) is 0 Å². The number of hydrogen-bond acceptors (Lipinski definition) is 4. The number of aryl methyl sites for hydroxylation is 1. The zero-order chi connectivity index (χ0) is 15.4. The molecule has 0 bridgehead atoms. The molecule has 3 rings (SSSR count). The normalized spacial score (nSPS) is 12.5. The molecular formula is C18H20N2OS. The minimum atomic E-state index is 0.480. The number of thiazole rings is 1. The highest BCUT2D eigenvalue weighted by molar-refractivity contribution is 7.09. The molecule has 3 nitrogen and oxygen atoms in total. The zero-order valence-corrected chi connectivity index (χ0v) is 13.8. The molecule has 0 fully saturated rings. The molecule has 0 saturated heterocycles. The quantitative estimate of drug-likeness (QED) is 0.654. The molecule has 0 radical (unpaired) electrons. The third-order valence-electron chi connectivity index (χ3n) is 4.03. The van der Waals surface area contributed by atoms with Crippen LogP contribution in [-0.4, -0.2) is 17.1 Å². The van der Waals surface area contributed by atoms with Crippen LogP contribution in [0.5, 0.6) is 5.88 Å². The molecule has 0 N–H and O–H groups in total. The molecular weight excluding hydrogens is 292 g/mol. The number of fused-ring (bicyclic) bond motifs is 1. The van der Waals surface area contributed by atoms with Crippen molar-refractivity contribution in [1.29, 1.82) is 0 Å². The maximum Gasteiger partial charge on any atom is 0.224 e. The summed E-state index contributed by atoms with van der Waals surface area (Å²) >= 11 is 1.69.